The summed E-state index contributed by atoms with van der Waals surface area (Å²) in [7, 11) is 0. The third-order valence-corrected chi connectivity index (χ3v) is 2.88. The number of hydrogen-bond donors (Lipinski definition) is 1. The lowest BCUT2D eigenvalue weighted by Gasteiger charge is -2.35. The minimum Gasteiger partial charge on any atom is -0.382 e. The summed E-state index contributed by atoms with van der Waals surface area (Å²) in [5.41, 5.74) is 5.63. The van der Waals surface area contributed by atoms with E-state index in [0.29, 0.717) is 5.82 Å². The van der Waals surface area contributed by atoms with E-state index in [1.807, 2.05) is 0 Å². The standard InChI is InChI=1S/C11H19N5/c1-2-3-15-4-6-16(7-5-15)11-9-13-8-10(12)14-11/h8-9H,2-7H2,1H3,(H2,12,14). The Morgan fingerprint density at radius 1 is 1.25 bits per heavy atom. The molecule has 0 aliphatic carbocycles. The fraction of sp³-hybridized carbons (Fsp3) is 0.636. The van der Waals surface area contributed by atoms with Crippen molar-refractivity contribution in [3.63, 3.8) is 0 Å². The van der Waals surface area contributed by atoms with E-state index in [0.717, 1.165) is 32.0 Å². The number of aromatic nitrogens is 2. The van der Waals surface area contributed by atoms with Crippen molar-refractivity contribution in [2.45, 2.75) is 13.3 Å². The zero-order chi connectivity index (χ0) is 11.4. The Balaban J connectivity index is 1.94. The molecule has 1 aromatic rings. The first kappa shape index (κ1) is 11.1. The molecule has 2 N–H and O–H groups in total. The van der Waals surface area contributed by atoms with Gasteiger partial charge in [-0.05, 0) is 13.0 Å². The maximum Gasteiger partial charge on any atom is 0.149 e. The number of nitrogens with two attached hydrogens (primary N) is 1. The molecule has 0 amide bonds. The first-order chi connectivity index (χ1) is 7.79. The summed E-state index contributed by atoms with van der Waals surface area (Å²) < 4.78 is 0. The van der Waals surface area contributed by atoms with E-state index in [1.165, 1.54) is 13.0 Å². The highest BCUT2D eigenvalue weighted by molar-refractivity contribution is 5.41. The predicted molar refractivity (Wildman–Crippen MR) is 65.4 cm³/mol. The fourth-order valence-corrected chi connectivity index (χ4v) is 2.04. The summed E-state index contributed by atoms with van der Waals surface area (Å²) in [6.45, 7) is 7.64. The van der Waals surface area contributed by atoms with E-state index >= 15 is 0 Å². The summed E-state index contributed by atoms with van der Waals surface area (Å²) in [5, 5.41) is 0. The van der Waals surface area contributed by atoms with Crippen LogP contribution >= 0.6 is 0 Å². The number of piperazine rings is 1. The quantitative estimate of drug-likeness (QED) is 0.809. The van der Waals surface area contributed by atoms with Gasteiger partial charge in [0.15, 0.2) is 0 Å². The maximum atomic E-state index is 5.63. The van der Waals surface area contributed by atoms with Crippen molar-refractivity contribution in [3.8, 4) is 0 Å². The summed E-state index contributed by atoms with van der Waals surface area (Å²) in [5.74, 6) is 1.39. The highest BCUT2D eigenvalue weighted by Gasteiger charge is 2.17. The van der Waals surface area contributed by atoms with Crippen LogP contribution in [0.2, 0.25) is 0 Å². The van der Waals surface area contributed by atoms with Gasteiger partial charge in [-0.25, -0.2) is 4.98 Å². The van der Waals surface area contributed by atoms with Gasteiger partial charge in [0.1, 0.15) is 11.6 Å². The number of nitrogens with zero attached hydrogens (tertiary/aromatic N) is 4. The largest absolute Gasteiger partial charge is 0.382 e. The van der Waals surface area contributed by atoms with E-state index in [9.17, 15) is 0 Å². The number of nitrogen functional groups attached to an aromatic ring is 1. The molecular weight excluding hydrogens is 202 g/mol. The van der Waals surface area contributed by atoms with Crippen LogP contribution < -0.4 is 10.6 Å². The Morgan fingerprint density at radius 3 is 2.62 bits per heavy atom. The van der Waals surface area contributed by atoms with Crippen LogP contribution in [0.25, 0.3) is 0 Å². The monoisotopic (exact) mass is 221 g/mol. The van der Waals surface area contributed by atoms with Crippen LogP contribution in [0.5, 0.6) is 0 Å². The topological polar surface area (TPSA) is 58.3 Å². The molecule has 1 saturated heterocycles. The van der Waals surface area contributed by atoms with Crippen LogP contribution in [-0.2, 0) is 0 Å². The van der Waals surface area contributed by atoms with Gasteiger partial charge in [-0.15, -0.1) is 0 Å². The lowest BCUT2D eigenvalue weighted by atomic mass is 10.3. The Kier molecular flexibility index (Phi) is 3.56. The second-order valence-electron chi connectivity index (χ2n) is 4.13. The number of hydrogen-bond acceptors (Lipinski definition) is 5. The summed E-state index contributed by atoms with van der Waals surface area (Å²) in [6, 6.07) is 0. The highest BCUT2D eigenvalue weighted by Crippen LogP contribution is 2.13. The van der Waals surface area contributed by atoms with E-state index in [-0.39, 0.29) is 0 Å². The van der Waals surface area contributed by atoms with E-state index < -0.39 is 0 Å². The molecule has 0 radical (unpaired) electrons. The van der Waals surface area contributed by atoms with Crippen LogP contribution in [0, 0.1) is 0 Å². The Bertz CT molecular complexity index is 333. The normalized spacial score (nSPS) is 17.7. The van der Waals surface area contributed by atoms with Crippen molar-refractivity contribution < 1.29 is 0 Å². The molecule has 0 spiro atoms. The fourth-order valence-electron chi connectivity index (χ4n) is 2.04. The molecule has 1 aromatic heterocycles. The van der Waals surface area contributed by atoms with Gasteiger partial charge >= 0.3 is 0 Å². The molecule has 0 aromatic carbocycles. The molecule has 5 nitrogen and oxygen atoms in total. The average Bonchev–Trinajstić information content (AvgIpc) is 2.30. The molecule has 1 fully saturated rings. The molecule has 0 unspecified atom stereocenters. The molecule has 88 valence electrons. The molecule has 16 heavy (non-hydrogen) atoms. The predicted octanol–water partition coefficient (Wildman–Crippen LogP) is 0.591. The SMILES string of the molecule is CCCN1CCN(c2cncc(N)n2)CC1. The van der Waals surface area contributed by atoms with E-state index in [1.54, 1.807) is 12.4 Å². The zero-order valence-electron chi connectivity index (χ0n) is 9.76. The smallest absolute Gasteiger partial charge is 0.149 e. The van der Waals surface area contributed by atoms with Crippen molar-refractivity contribution in [1.82, 2.24) is 14.9 Å². The van der Waals surface area contributed by atoms with Crippen LogP contribution in [0.3, 0.4) is 0 Å². The molecular formula is C11H19N5. The average molecular weight is 221 g/mol. The molecule has 1 aliphatic heterocycles. The molecule has 0 atom stereocenters. The first-order valence-corrected chi connectivity index (χ1v) is 5.84. The lowest BCUT2D eigenvalue weighted by Crippen LogP contribution is -2.46. The Hall–Kier alpha value is -1.36. The van der Waals surface area contributed by atoms with Crippen LogP contribution in [0.1, 0.15) is 13.3 Å². The second-order valence-corrected chi connectivity index (χ2v) is 4.13. The number of rotatable bonds is 3. The van der Waals surface area contributed by atoms with Gasteiger partial charge in [-0.1, -0.05) is 6.92 Å². The summed E-state index contributed by atoms with van der Waals surface area (Å²) >= 11 is 0. The maximum absolute atomic E-state index is 5.63. The van der Waals surface area contributed by atoms with Crippen LogP contribution in [0.4, 0.5) is 11.6 Å². The van der Waals surface area contributed by atoms with E-state index in [4.69, 9.17) is 5.73 Å². The van der Waals surface area contributed by atoms with Crippen LogP contribution in [0.15, 0.2) is 12.4 Å². The molecule has 1 aliphatic rings. The van der Waals surface area contributed by atoms with Gasteiger partial charge in [0.25, 0.3) is 0 Å². The molecule has 2 heterocycles. The van der Waals surface area contributed by atoms with E-state index in [2.05, 4.69) is 26.7 Å². The molecule has 2 rings (SSSR count). The van der Waals surface area contributed by atoms with Gasteiger partial charge in [-0.3, -0.25) is 9.88 Å². The third kappa shape index (κ3) is 2.61. The summed E-state index contributed by atoms with van der Waals surface area (Å²) in [4.78, 5) is 13.1. The number of anilines is 2. The highest BCUT2D eigenvalue weighted by atomic mass is 15.3. The third-order valence-electron chi connectivity index (χ3n) is 2.88. The lowest BCUT2D eigenvalue weighted by molar-refractivity contribution is 0.258. The van der Waals surface area contributed by atoms with Gasteiger partial charge in [0, 0.05) is 26.2 Å². The minimum absolute atomic E-state index is 0.494. The Morgan fingerprint density at radius 2 is 2.00 bits per heavy atom. The van der Waals surface area contributed by atoms with Crippen LogP contribution in [-0.4, -0.2) is 47.6 Å². The Labute approximate surface area is 96.3 Å². The van der Waals surface area contributed by atoms with Gasteiger partial charge in [0.05, 0.1) is 12.4 Å². The van der Waals surface area contributed by atoms with Crippen molar-refractivity contribution >= 4 is 11.6 Å². The second kappa shape index (κ2) is 5.12. The van der Waals surface area contributed by atoms with Crippen molar-refractivity contribution in [2.24, 2.45) is 0 Å². The molecule has 5 heteroatoms. The van der Waals surface area contributed by atoms with Gasteiger partial charge in [-0.2, -0.15) is 0 Å². The van der Waals surface area contributed by atoms with Crippen molar-refractivity contribution in [3.05, 3.63) is 12.4 Å². The molecule has 0 bridgehead atoms. The zero-order valence-corrected chi connectivity index (χ0v) is 9.76. The molecule has 0 saturated carbocycles. The van der Waals surface area contributed by atoms with Gasteiger partial charge < -0.3 is 10.6 Å². The van der Waals surface area contributed by atoms with Crippen molar-refractivity contribution in [1.29, 1.82) is 0 Å². The van der Waals surface area contributed by atoms with Gasteiger partial charge in [0.2, 0.25) is 0 Å². The first-order valence-electron chi connectivity index (χ1n) is 5.84. The summed E-state index contributed by atoms with van der Waals surface area (Å²) in [6.07, 6.45) is 4.58. The minimum atomic E-state index is 0.494. The van der Waals surface area contributed by atoms with Crippen molar-refractivity contribution in [2.75, 3.05) is 43.4 Å².